The second kappa shape index (κ2) is 5.75. The fraction of sp³-hybridized carbons (Fsp3) is 0.500. The highest BCUT2D eigenvalue weighted by Crippen LogP contribution is 2.30. The van der Waals surface area contributed by atoms with Crippen molar-refractivity contribution in [2.45, 2.75) is 45.6 Å². The van der Waals surface area contributed by atoms with E-state index in [0.29, 0.717) is 12.2 Å². The number of carboxylic acid groups (broad SMARTS) is 1. The first kappa shape index (κ1) is 14.7. The Labute approximate surface area is 122 Å². The molecule has 2 heterocycles. The molecule has 0 amide bonds. The van der Waals surface area contributed by atoms with Crippen LogP contribution in [0.2, 0.25) is 0 Å². The van der Waals surface area contributed by atoms with Gasteiger partial charge in [0, 0.05) is 4.88 Å². The molecule has 0 spiro atoms. The Morgan fingerprint density at radius 3 is 2.80 bits per heavy atom. The monoisotopic (exact) mass is 293 g/mol. The predicted octanol–water partition coefficient (Wildman–Crippen LogP) is 3.31. The highest BCUT2D eigenvalue weighted by Gasteiger charge is 2.33. The molecule has 0 fully saturated rings. The number of nitrogens with one attached hydrogen (secondary N) is 1. The third-order valence-electron chi connectivity index (χ3n) is 3.35. The number of aromatic nitrogens is 2. The first-order valence-electron chi connectivity index (χ1n) is 6.75. The molecule has 108 valence electrons. The van der Waals surface area contributed by atoms with Crippen LogP contribution in [0.5, 0.6) is 0 Å². The molecule has 0 saturated heterocycles. The zero-order valence-electron chi connectivity index (χ0n) is 11.9. The van der Waals surface area contributed by atoms with Crippen LogP contribution in [0.4, 0.5) is 5.82 Å². The normalized spacial score (nSPS) is 14.2. The summed E-state index contributed by atoms with van der Waals surface area (Å²) in [6, 6.07) is 2.04. The van der Waals surface area contributed by atoms with Crippen LogP contribution in [0.3, 0.4) is 0 Å². The SMILES string of the molecule is CCCC(C)(Nc1ncnc2sc(CC)cc12)C(=O)O. The van der Waals surface area contributed by atoms with E-state index >= 15 is 0 Å². The predicted molar refractivity (Wildman–Crippen MR) is 81.4 cm³/mol. The Kier molecular flexibility index (Phi) is 4.23. The van der Waals surface area contributed by atoms with Crippen molar-refractivity contribution in [3.05, 3.63) is 17.3 Å². The van der Waals surface area contributed by atoms with Crippen LogP contribution in [0, 0.1) is 0 Å². The summed E-state index contributed by atoms with van der Waals surface area (Å²) in [6.07, 6.45) is 3.74. The molecule has 2 N–H and O–H groups in total. The highest BCUT2D eigenvalue weighted by atomic mass is 32.1. The first-order chi connectivity index (χ1) is 9.50. The number of nitrogens with zero attached hydrogens (tertiary/aromatic N) is 2. The molecule has 5 nitrogen and oxygen atoms in total. The van der Waals surface area contributed by atoms with Gasteiger partial charge in [0.05, 0.1) is 5.39 Å². The van der Waals surface area contributed by atoms with Crippen molar-refractivity contribution in [1.82, 2.24) is 9.97 Å². The van der Waals surface area contributed by atoms with Crippen LogP contribution in [0.1, 0.15) is 38.5 Å². The summed E-state index contributed by atoms with van der Waals surface area (Å²) >= 11 is 1.62. The second-order valence-electron chi connectivity index (χ2n) is 5.02. The molecule has 1 unspecified atom stereocenters. The number of fused-ring (bicyclic) bond motifs is 1. The smallest absolute Gasteiger partial charge is 0.329 e. The van der Waals surface area contributed by atoms with Crippen LogP contribution < -0.4 is 5.32 Å². The van der Waals surface area contributed by atoms with Crippen molar-refractivity contribution < 1.29 is 9.90 Å². The van der Waals surface area contributed by atoms with Gasteiger partial charge in [-0.15, -0.1) is 11.3 Å². The van der Waals surface area contributed by atoms with Crippen LogP contribution in [-0.2, 0) is 11.2 Å². The maximum atomic E-state index is 11.5. The minimum absolute atomic E-state index is 0.540. The number of hydrogen-bond donors (Lipinski definition) is 2. The van der Waals surface area contributed by atoms with Crippen molar-refractivity contribution in [3.63, 3.8) is 0 Å². The lowest BCUT2D eigenvalue weighted by molar-refractivity contribution is -0.142. The van der Waals surface area contributed by atoms with Crippen LogP contribution in [0.15, 0.2) is 12.4 Å². The van der Waals surface area contributed by atoms with Crippen LogP contribution in [0.25, 0.3) is 10.2 Å². The highest BCUT2D eigenvalue weighted by molar-refractivity contribution is 7.18. The number of hydrogen-bond acceptors (Lipinski definition) is 5. The Morgan fingerprint density at radius 2 is 2.20 bits per heavy atom. The summed E-state index contributed by atoms with van der Waals surface area (Å²) in [4.78, 5) is 22.1. The van der Waals surface area contributed by atoms with E-state index in [-0.39, 0.29) is 0 Å². The number of aryl methyl sites for hydroxylation is 1. The second-order valence-corrected chi connectivity index (χ2v) is 6.13. The van der Waals surface area contributed by atoms with Gasteiger partial charge in [-0.05, 0) is 25.8 Å². The lowest BCUT2D eigenvalue weighted by atomic mass is 9.96. The van der Waals surface area contributed by atoms with E-state index in [0.717, 1.165) is 23.1 Å². The number of carbonyl (C=O) groups is 1. The zero-order valence-corrected chi connectivity index (χ0v) is 12.8. The van der Waals surface area contributed by atoms with Gasteiger partial charge in [0.15, 0.2) is 0 Å². The van der Waals surface area contributed by atoms with Gasteiger partial charge in [-0.1, -0.05) is 20.3 Å². The number of thiophene rings is 1. The summed E-state index contributed by atoms with van der Waals surface area (Å²) in [7, 11) is 0. The number of rotatable bonds is 6. The lowest BCUT2D eigenvalue weighted by Gasteiger charge is -2.26. The average molecular weight is 293 g/mol. The van der Waals surface area contributed by atoms with Gasteiger partial charge in [0.25, 0.3) is 0 Å². The average Bonchev–Trinajstić information content (AvgIpc) is 2.83. The molecule has 0 aromatic carbocycles. The van der Waals surface area contributed by atoms with Crippen molar-refractivity contribution in [3.8, 4) is 0 Å². The molecule has 0 bridgehead atoms. The number of aliphatic carboxylic acids is 1. The summed E-state index contributed by atoms with van der Waals surface area (Å²) in [5.74, 6) is -0.263. The Balaban J connectivity index is 2.42. The van der Waals surface area contributed by atoms with Gasteiger partial charge < -0.3 is 10.4 Å². The topological polar surface area (TPSA) is 75.1 Å². The number of carboxylic acids is 1. The third kappa shape index (κ3) is 2.75. The summed E-state index contributed by atoms with van der Waals surface area (Å²) in [6.45, 7) is 5.75. The standard InChI is InChI=1S/C14H19N3O2S/c1-4-6-14(3,13(18)19)17-11-10-7-9(5-2)20-12(10)16-8-15-11/h7-8H,4-6H2,1-3H3,(H,18,19)(H,15,16,17). The molecule has 0 saturated carbocycles. The van der Waals surface area contributed by atoms with E-state index < -0.39 is 11.5 Å². The zero-order chi connectivity index (χ0) is 14.8. The molecular weight excluding hydrogens is 274 g/mol. The van der Waals surface area contributed by atoms with Crippen LogP contribution in [-0.4, -0.2) is 26.6 Å². The molecule has 0 radical (unpaired) electrons. The van der Waals surface area contributed by atoms with Crippen molar-refractivity contribution in [2.75, 3.05) is 5.32 Å². The Morgan fingerprint density at radius 1 is 1.45 bits per heavy atom. The maximum absolute atomic E-state index is 11.5. The summed E-state index contributed by atoms with van der Waals surface area (Å²) < 4.78 is 0. The van der Waals surface area contributed by atoms with E-state index in [1.807, 2.05) is 13.0 Å². The van der Waals surface area contributed by atoms with Gasteiger partial charge in [-0.25, -0.2) is 14.8 Å². The third-order valence-corrected chi connectivity index (χ3v) is 4.53. The van der Waals surface area contributed by atoms with Crippen molar-refractivity contribution in [2.24, 2.45) is 0 Å². The van der Waals surface area contributed by atoms with E-state index in [1.54, 1.807) is 18.3 Å². The molecule has 0 aliphatic heterocycles. The maximum Gasteiger partial charge on any atom is 0.329 e. The molecule has 20 heavy (non-hydrogen) atoms. The van der Waals surface area contributed by atoms with E-state index in [4.69, 9.17) is 0 Å². The molecule has 1 atom stereocenters. The molecule has 0 aliphatic rings. The molecule has 2 aromatic rings. The van der Waals surface area contributed by atoms with Crippen molar-refractivity contribution in [1.29, 1.82) is 0 Å². The summed E-state index contributed by atoms with van der Waals surface area (Å²) in [5.41, 5.74) is -1.01. The van der Waals surface area contributed by atoms with Crippen molar-refractivity contribution >= 4 is 33.3 Å². The number of anilines is 1. The van der Waals surface area contributed by atoms with Gasteiger partial charge in [0.1, 0.15) is 22.5 Å². The molecule has 0 aliphatic carbocycles. The molecular formula is C14H19N3O2S. The molecule has 2 aromatic heterocycles. The fourth-order valence-corrected chi connectivity index (χ4v) is 3.10. The van der Waals surface area contributed by atoms with Gasteiger partial charge >= 0.3 is 5.97 Å². The van der Waals surface area contributed by atoms with Gasteiger partial charge in [-0.3, -0.25) is 0 Å². The largest absolute Gasteiger partial charge is 0.480 e. The van der Waals surface area contributed by atoms with Crippen LogP contribution >= 0.6 is 11.3 Å². The first-order valence-corrected chi connectivity index (χ1v) is 7.56. The Bertz CT molecular complexity index is 626. The van der Waals surface area contributed by atoms with Gasteiger partial charge in [-0.2, -0.15) is 0 Å². The molecule has 2 rings (SSSR count). The van der Waals surface area contributed by atoms with E-state index in [9.17, 15) is 9.90 Å². The minimum Gasteiger partial charge on any atom is -0.480 e. The molecule has 6 heteroatoms. The quantitative estimate of drug-likeness (QED) is 0.854. The lowest BCUT2D eigenvalue weighted by Crippen LogP contribution is -2.43. The summed E-state index contributed by atoms with van der Waals surface area (Å²) in [5, 5.41) is 13.4. The fourth-order valence-electron chi connectivity index (χ4n) is 2.16. The van der Waals surface area contributed by atoms with E-state index in [1.165, 1.54) is 11.2 Å². The minimum atomic E-state index is -1.01. The van der Waals surface area contributed by atoms with Gasteiger partial charge in [0.2, 0.25) is 0 Å². The Hall–Kier alpha value is -1.69. The van der Waals surface area contributed by atoms with E-state index in [2.05, 4.69) is 22.2 Å².